The lowest BCUT2D eigenvalue weighted by molar-refractivity contribution is 0.0955. The lowest BCUT2D eigenvalue weighted by atomic mass is 10.2. The largest absolute Gasteiger partial charge is 0.383 e. The first-order valence-corrected chi connectivity index (χ1v) is 9.79. The van der Waals surface area contributed by atoms with E-state index in [-0.39, 0.29) is 10.1 Å². The number of carbonyl (C=O) groups excluding carboxylic acids is 1. The third-order valence-corrected chi connectivity index (χ3v) is 6.19. The Labute approximate surface area is 146 Å². The van der Waals surface area contributed by atoms with E-state index in [0.717, 1.165) is 22.6 Å². The van der Waals surface area contributed by atoms with E-state index >= 15 is 0 Å². The third-order valence-electron chi connectivity index (χ3n) is 3.20. The molecule has 0 bridgehead atoms. The lowest BCUT2D eigenvalue weighted by Crippen LogP contribution is -2.21. The van der Waals surface area contributed by atoms with Crippen LogP contribution in [-0.4, -0.2) is 27.4 Å². The molecule has 24 heavy (non-hydrogen) atoms. The predicted molar refractivity (Wildman–Crippen MR) is 96.9 cm³/mol. The summed E-state index contributed by atoms with van der Waals surface area (Å²) in [4.78, 5) is 12.5. The van der Waals surface area contributed by atoms with E-state index in [1.54, 1.807) is 0 Å². The smallest absolute Gasteiger partial charge is 0.261 e. The highest BCUT2D eigenvalue weighted by Gasteiger charge is 2.17. The molecule has 130 valence electrons. The topological polar surface area (TPSA) is 87.3 Å². The van der Waals surface area contributed by atoms with Gasteiger partial charge in [0, 0.05) is 18.3 Å². The Balaban J connectivity index is 1.96. The van der Waals surface area contributed by atoms with Gasteiger partial charge in [-0.3, -0.25) is 4.79 Å². The van der Waals surface area contributed by atoms with Crippen molar-refractivity contribution in [2.75, 3.05) is 12.4 Å². The number of carbonyl (C=O) groups is 1. The zero-order valence-electron chi connectivity index (χ0n) is 13.8. The summed E-state index contributed by atoms with van der Waals surface area (Å²) in [7, 11) is -2.17. The van der Waals surface area contributed by atoms with E-state index < -0.39 is 10.0 Å². The van der Waals surface area contributed by atoms with Gasteiger partial charge in [0.25, 0.3) is 5.91 Å². The van der Waals surface area contributed by atoms with Crippen LogP contribution in [0.5, 0.6) is 0 Å². The van der Waals surface area contributed by atoms with E-state index in [2.05, 4.69) is 29.2 Å². The molecule has 1 amide bonds. The lowest BCUT2D eigenvalue weighted by Gasteiger charge is -2.10. The number of hydrogen-bond donors (Lipinski definition) is 3. The van der Waals surface area contributed by atoms with E-state index in [9.17, 15) is 13.2 Å². The second-order valence-electron chi connectivity index (χ2n) is 5.50. The van der Waals surface area contributed by atoms with Gasteiger partial charge in [0.1, 0.15) is 4.21 Å². The Morgan fingerprint density at radius 3 is 2.38 bits per heavy atom. The van der Waals surface area contributed by atoms with Crippen molar-refractivity contribution in [3.05, 3.63) is 46.8 Å². The minimum absolute atomic E-state index is 0.124. The van der Waals surface area contributed by atoms with E-state index in [4.69, 9.17) is 0 Å². The molecule has 0 aliphatic rings. The number of rotatable bonds is 7. The van der Waals surface area contributed by atoms with Crippen LogP contribution in [0.4, 0.5) is 5.69 Å². The molecule has 0 saturated carbocycles. The first kappa shape index (κ1) is 18.4. The minimum atomic E-state index is -3.51. The summed E-state index contributed by atoms with van der Waals surface area (Å²) < 4.78 is 25.7. The van der Waals surface area contributed by atoms with Crippen molar-refractivity contribution in [2.45, 2.75) is 30.6 Å². The van der Waals surface area contributed by atoms with Gasteiger partial charge < -0.3 is 10.6 Å². The zero-order chi connectivity index (χ0) is 17.7. The molecule has 0 atom stereocenters. The molecule has 0 radical (unpaired) electrons. The number of amides is 1. The maximum Gasteiger partial charge on any atom is 0.261 e. The first-order valence-electron chi connectivity index (χ1n) is 7.49. The van der Waals surface area contributed by atoms with Crippen LogP contribution in [0.1, 0.15) is 29.1 Å². The normalized spacial score (nSPS) is 11.5. The average Bonchev–Trinajstić information content (AvgIpc) is 3.04. The Hall–Kier alpha value is -1.90. The molecule has 0 aliphatic heterocycles. The Kier molecular flexibility index (Phi) is 5.98. The molecule has 0 unspecified atom stereocenters. The number of anilines is 1. The number of sulfonamides is 1. The number of thiophene rings is 1. The van der Waals surface area contributed by atoms with Gasteiger partial charge in [-0.25, -0.2) is 13.1 Å². The molecular weight excluding hydrogens is 346 g/mol. The highest BCUT2D eigenvalue weighted by molar-refractivity contribution is 7.91. The maximum absolute atomic E-state index is 12.1. The molecule has 1 aromatic carbocycles. The maximum atomic E-state index is 12.1. The van der Waals surface area contributed by atoms with Crippen molar-refractivity contribution >= 4 is 33.0 Å². The van der Waals surface area contributed by atoms with Gasteiger partial charge in [0.05, 0.1) is 4.88 Å². The third kappa shape index (κ3) is 4.80. The van der Waals surface area contributed by atoms with E-state index in [1.165, 1.54) is 19.2 Å². The molecule has 1 heterocycles. The van der Waals surface area contributed by atoms with Crippen molar-refractivity contribution in [1.82, 2.24) is 10.0 Å². The summed E-state index contributed by atoms with van der Waals surface area (Å²) in [5, 5.41) is 6.09. The van der Waals surface area contributed by atoms with Crippen LogP contribution in [-0.2, 0) is 16.6 Å². The van der Waals surface area contributed by atoms with Gasteiger partial charge in [-0.05, 0) is 50.7 Å². The molecular formula is C16H21N3O3S2. The molecule has 0 saturated heterocycles. The fourth-order valence-corrected chi connectivity index (χ4v) is 4.07. The van der Waals surface area contributed by atoms with Crippen molar-refractivity contribution < 1.29 is 13.2 Å². The van der Waals surface area contributed by atoms with Crippen LogP contribution in [0.15, 0.2) is 40.6 Å². The highest BCUT2D eigenvalue weighted by atomic mass is 32.2. The summed E-state index contributed by atoms with van der Waals surface area (Å²) in [5.41, 5.74) is 2.00. The molecule has 6 nitrogen and oxygen atoms in total. The first-order chi connectivity index (χ1) is 11.3. The standard InChI is InChI=1S/C16H21N3O3S2/c1-11(2)19-13-6-4-12(5-7-13)10-18-16(20)14-8-9-15(23-14)24(21,22)17-3/h4-9,11,17,19H,10H2,1-3H3,(H,18,20). The quantitative estimate of drug-likeness (QED) is 0.701. The summed E-state index contributed by atoms with van der Waals surface area (Å²) in [5.74, 6) is -0.290. The average molecular weight is 367 g/mol. The van der Waals surface area contributed by atoms with Crippen LogP contribution in [0.3, 0.4) is 0 Å². The van der Waals surface area contributed by atoms with Crippen LogP contribution in [0, 0.1) is 0 Å². The van der Waals surface area contributed by atoms with Crippen LogP contribution >= 0.6 is 11.3 Å². The van der Waals surface area contributed by atoms with Crippen molar-refractivity contribution in [3.63, 3.8) is 0 Å². The molecule has 0 spiro atoms. The second kappa shape index (κ2) is 7.78. The van der Waals surface area contributed by atoms with Crippen LogP contribution in [0.25, 0.3) is 0 Å². The Morgan fingerprint density at radius 1 is 1.12 bits per heavy atom. The number of hydrogen-bond acceptors (Lipinski definition) is 5. The molecule has 1 aromatic heterocycles. The van der Waals surface area contributed by atoms with Gasteiger partial charge in [-0.2, -0.15) is 0 Å². The fourth-order valence-electron chi connectivity index (χ4n) is 2.01. The number of nitrogens with one attached hydrogen (secondary N) is 3. The summed E-state index contributed by atoms with van der Waals surface area (Å²) in [6, 6.07) is 11.1. The van der Waals surface area contributed by atoms with Gasteiger partial charge in [-0.1, -0.05) is 12.1 Å². The molecule has 0 fully saturated rings. The van der Waals surface area contributed by atoms with Crippen molar-refractivity contribution in [2.24, 2.45) is 0 Å². The molecule has 2 rings (SSSR count). The Morgan fingerprint density at radius 2 is 1.79 bits per heavy atom. The van der Waals surface area contributed by atoms with Gasteiger partial charge in [-0.15, -0.1) is 11.3 Å². The summed E-state index contributed by atoms with van der Waals surface area (Å²) in [6.07, 6.45) is 0. The molecule has 8 heteroatoms. The van der Waals surface area contributed by atoms with Gasteiger partial charge >= 0.3 is 0 Å². The zero-order valence-corrected chi connectivity index (χ0v) is 15.4. The fraction of sp³-hybridized carbons (Fsp3) is 0.312. The highest BCUT2D eigenvalue weighted by Crippen LogP contribution is 2.21. The minimum Gasteiger partial charge on any atom is -0.383 e. The summed E-state index contributed by atoms with van der Waals surface area (Å²) in [6.45, 7) is 4.52. The molecule has 0 aliphatic carbocycles. The van der Waals surface area contributed by atoms with E-state index in [1.807, 2.05) is 24.3 Å². The van der Waals surface area contributed by atoms with Crippen molar-refractivity contribution in [3.8, 4) is 0 Å². The summed E-state index contributed by atoms with van der Waals surface area (Å²) >= 11 is 0.944. The SMILES string of the molecule is CNS(=O)(=O)c1ccc(C(=O)NCc2ccc(NC(C)C)cc2)s1. The van der Waals surface area contributed by atoms with Crippen molar-refractivity contribution in [1.29, 1.82) is 0 Å². The van der Waals surface area contributed by atoms with Crippen LogP contribution in [0.2, 0.25) is 0 Å². The number of benzene rings is 1. The van der Waals surface area contributed by atoms with Gasteiger partial charge in [0.2, 0.25) is 10.0 Å². The van der Waals surface area contributed by atoms with Gasteiger partial charge in [0.15, 0.2) is 0 Å². The molecule has 2 aromatic rings. The molecule has 3 N–H and O–H groups in total. The second-order valence-corrected chi connectivity index (χ2v) is 8.70. The Bertz CT molecular complexity index is 796. The van der Waals surface area contributed by atoms with E-state index in [0.29, 0.717) is 17.5 Å². The van der Waals surface area contributed by atoms with Crippen LogP contribution < -0.4 is 15.4 Å². The monoisotopic (exact) mass is 367 g/mol. The predicted octanol–water partition coefficient (Wildman–Crippen LogP) is 2.41.